The predicted octanol–water partition coefficient (Wildman–Crippen LogP) is 4.68. The minimum absolute atomic E-state index is 0.112. The molecule has 0 saturated heterocycles. The van der Waals surface area contributed by atoms with Crippen LogP contribution < -0.4 is 5.32 Å². The largest absolute Gasteiger partial charge is 0.319 e. The number of aromatic nitrogens is 2. The number of rotatable bonds is 4. The second kappa shape index (κ2) is 5.91. The van der Waals surface area contributed by atoms with Gasteiger partial charge in [-0.15, -0.1) is 11.3 Å². The lowest BCUT2D eigenvalue weighted by Crippen LogP contribution is -2.12. The van der Waals surface area contributed by atoms with Crippen molar-refractivity contribution in [1.82, 2.24) is 9.55 Å². The second-order valence-electron chi connectivity index (χ2n) is 6.30. The standard InChI is InChI=1S/C19H19N3OS/c1-12-3-4-13(2)22(12)16-9-7-15(8-10-16)18(23)21-19-20-17(11-24-19)14-5-6-14/h3-4,7-11,14H,5-6H2,1-2H3,(H,20,21,23). The molecule has 0 unspecified atom stereocenters. The minimum Gasteiger partial charge on any atom is -0.319 e. The molecule has 3 aromatic rings. The van der Waals surface area contributed by atoms with Gasteiger partial charge < -0.3 is 4.57 Å². The fourth-order valence-corrected chi connectivity index (χ4v) is 3.70. The van der Waals surface area contributed by atoms with Crippen LogP contribution in [0.3, 0.4) is 0 Å². The van der Waals surface area contributed by atoms with Crippen LogP contribution in [0.4, 0.5) is 5.13 Å². The summed E-state index contributed by atoms with van der Waals surface area (Å²) >= 11 is 1.50. The number of anilines is 1. The van der Waals surface area contributed by atoms with E-state index >= 15 is 0 Å². The van der Waals surface area contributed by atoms with E-state index < -0.39 is 0 Å². The lowest BCUT2D eigenvalue weighted by molar-refractivity contribution is 0.102. The van der Waals surface area contributed by atoms with Gasteiger partial charge in [-0.2, -0.15) is 0 Å². The van der Waals surface area contributed by atoms with Crippen molar-refractivity contribution >= 4 is 22.4 Å². The first-order valence-electron chi connectivity index (χ1n) is 8.14. The number of hydrogen-bond acceptors (Lipinski definition) is 3. The molecular formula is C19H19N3OS. The van der Waals surface area contributed by atoms with Crippen molar-refractivity contribution in [3.63, 3.8) is 0 Å². The third-order valence-corrected chi connectivity index (χ3v) is 5.17. The Labute approximate surface area is 145 Å². The summed E-state index contributed by atoms with van der Waals surface area (Å²) in [6.07, 6.45) is 2.44. The van der Waals surface area contributed by atoms with Crippen molar-refractivity contribution in [2.24, 2.45) is 0 Å². The number of aryl methyl sites for hydroxylation is 2. The van der Waals surface area contributed by atoms with Crippen LogP contribution >= 0.6 is 11.3 Å². The number of nitrogens with one attached hydrogen (secondary N) is 1. The molecule has 2 aromatic heterocycles. The van der Waals surface area contributed by atoms with Gasteiger partial charge in [0.2, 0.25) is 0 Å². The normalized spacial score (nSPS) is 13.9. The Morgan fingerprint density at radius 3 is 2.42 bits per heavy atom. The molecule has 1 N–H and O–H groups in total. The fourth-order valence-electron chi connectivity index (χ4n) is 2.92. The van der Waals surface area contributed by atoms with Crippen LogP contribution in [0.25, 0.3) is 5.69 Å². The van der Waals surface area contributed by atoms with Gasteiger partial charge >= 0.3 is 0 Å². The van der Waals surface area contributed by atoms with Gasteiger partial charge in [0.15, 0.2) is 5.13 Å². The van der Waals surface area contributed by atoms with Crippen molar-refractivity contribution in [2.45, 2.75) is 32.6 Å². The van der Waals surface area contributed by atoms with Gasteiger partial charge in [0.25, 0.3) is 5.91 Å². The Morgan fingerprint density at radius 1 is 1.12 bits per heavy atom. The summed E-state index contributed by atoms with van der Waals surface area (Å²) in [5.41, 5.74) is 5.19. The van der Waals surface area contributed by atoms with Crippen molar-refractivity contribution in [3.05, 3.63) is 64.4 Å². The predicted molar refractivity (Wildman–Crippen MR) is 97.3 cm³/mol. The van der Waals surface area contributed by atoms with E-state index in [1.165, 1.54) is 35.6 Å². The van der Waals surface area contributed by atoms with E-state index in [2.05, 4.69) is 40.8 Å². The summed E-state index contributed by atoms with van der Waals surface area (Å²) < 4.78 is 2.17. The highest BCUT2D eigenvalue weighted by Crippen LogP contribution is 2.40. The molecule has 1 aliphatic carbocycles. The number of hydrogen-bond donors (Lipinski definition) is 1. The number of carbonyl (C=O) groups excluding carboxylic acids is 1. The van der Waals surface area contributed by atoms with E-state index in [0.29, 0.717) is 16.6 Å². The Kier molecular flexibility index (Phi) is 3.73. The Morgan fingerprint density at radius 2 is 1.79 bits per heavy atom. The van der Waals surface area contributed by atoms with Gasteiger partial charge in [-0.25, -0.2) is 4.98 Å². The summed E-state index contributed by atoms with van der Waals surface area (Å²) in [5, 5.41) is 5.63. The lowest BCUT2D eigenvalue weighted by atomic mass is 10.2. The maximum atomic E-state index is 12.4. The SMILES string of the molecule is Cc1ccc(C)n1-c1ccc(C(=O)Nc2nc(C3CC3)cs2)cc1. The molecule has 0 aliphatic heterocycles. The molecule has 0 atom stereocenters. The smallest absolute Gasteiger partial charge is 0.257 e. The summed E-state index contributed by atoms with van der Waals surface area (Å²) in [6.45, 7) is 4.15. The van der Waals surface area contributed by atoms with Crippen LogP contribution in [0, 0.1) is 13.8 Å². The molecule has 0 spiro atoms. The molecule has 5 heteroatoms. The van der Waals surface area contributed by atoms with Crippen LogP contribution in [-0.2, 0) is 0 Å². The molecule has 4 nitrogen and oxygen atoms in total. The highest BCUT2D eigenvalue weighted by molar-refractivity contribution is 7.14. The monoisotopic (exact) mass is 337 g/mol. The highest BCUT2D eigenvalue weighted by atomic mass is 32.1. The highest BCUT2D eigenvalue weighted by Gasteiger charge is 2.26. The number of nitrogens with zero attached hydrogens (tertiary/aromatic N) is 2. The minimum atomic E-state index is -0.112. The van der Waals surface area contributed by atoms with E-state index in [4.69, 9.17) is 0 Å². The zero-order chi connectivity index (χ0) is 16.7. The molecule has 0 bridgehead atoms. The molecule has 1 amide bonds. The van der Waals surface area contributed by atoms with Gasteiger partial charge in [0.05, 0.1) is 5.69 Å². The Balaban J connectivity index is 1.50. The quantitative estimate of drug-likeness (QED) is 0.751. The summed E-state index contributed by atoms with van der Waals surface area (Å²) in [7, 11) is 0. The molecule has 1 saturated carbocycles. The molecule has 122 valence electrons. The van der Waals surface area contributed by atoms with Gasteiger partial charge in [0.1, 0.15) is 0 Å². The van der Waals surface area contributed by atoms with E-state index in [1.54, 1.807) is 0 Å². The topological polar surface area (TPSA) is 46.9 Å². The van der Waals surface area contributed by atoms with Crippen LogP contribution in [0.15, 0.2) is 41.8 Å². The van der Waals surface area contributed by atoms with E-state index in [1.807, 2.05) is 29.6 Å². The number of carbonyl (C=O) groups is 1. The Bertz CT molecular complexity index is 868. The van der Waals surface area contributed by atoms with E-state index in [9.17, 15) is 4.79 Å². The molecule has 0 radical (unpaired) electrons. The van der Waals surface area contributed by atoms with Gasteiger partial charge in [-0.05, 0) is 63.1 Å². The molecule has 24 heavy (non-hydrogen) atoms. The van der Waals surface area contributed by atoms with Crippen molar-refractivity contribution < 1.29 is 4.79 Å². The first-order chi connectivity index (χ1) is 11.6. The van der Waals surface area contributed by atoms with Gasteiger partial charge in [-0.3, -0.25) is 10.1 Å². The van der Waals surface area contributed by atoms with Crippen LogP contribution in [-0.4, -0.2) is 15.5 Å². The zero-order valence-electron chi connectivity index (χ0n) is 13.7. The number of thiazole rings is 1. The van der Waals surface area contributed by atoms with Gasteiger partial charge in [-0.1, -0.05) is 0 Å². The van der Waals surface area contributed by atoms with Crippen molar-refractivity contribution in [1.29, 1.82) is 0 Å². The molecule has 4 rings (SSSR count). The van der Waals surface area contributed by atoms with Crippen LogP contribution in [0.5, 0.6) is 0 Å². The molecular weight excluding hydrogens is 318 g/mol. The molecule has 1 fully saturated rings. The number of benzene rings is 1. The lowest BCUT2D eigenvalue weighted by Gasteiger charge is -2.10. The third kappa shape index (κ3) is 2.87. The average Bonchev–Trinajstić information content (AvgIpc) is 3.24. The molecule has 2 heterocycles. The molecule has 1 aromatic carbocycles. The second-order valence-corrected chi connectivity index (χ2v) is 7.16. The average molecular weight is 337 g/mol. The summed E-state index contributed by atoms with van der Waals surface area (Å²) in [4.78, 5) is 16.9. The van der Waals surface area contributed by atoms with Gasteiger partial charge in [0, 0.05) is 33.9 Å². The maximum absolute atomic E-state index is 12.4. The van der Waals surface area contributed by atoms with Crippen molar-refractivity contribution in [2.75, 3.05) is 5.32 Å². The van der Waals surface area contributed by atoms with E-state index in [-0.39, 0.29) is 5.91 Å². The number of amides is 1. The summed E-state index contributed by atoms with van der Waals surface area (Å²) in [5.74, 6) is 0.499. The zero-order valence-corrected chi connectivity index (χ0v) is 14.6. The van der Waals surface area contributed by atoms with E-state index in [0.717, 1.165) is 11.4 Å². The Hall–Kier alpha value is -2.40. The van der Waals surface area contributed by atoms with Crippen molar-refractivity contribution in [3.8, 4) is 5.69 Å². The maximum Gasteiger partial charge on any atom is 0.257 e. The third-order valence-electron chi connectivity index (χ3n) is 4.40. The van der Waals surface area contributed by atoms with Crippen LogP contribution in [0.2, 0.25) is 0 Å². The summed E-state index contributed by atoms with van der Waals surface area (Å²) in [6, 6.07) is 11.9. The first kappa shape index (κ1) is 15.1. The van der Waals surface area contributed by atoms with Crippen LogP contribution in [0.1, 0.15) is 46.2 Å². The first-order valence-corrected chi connectivity index (χ1v) is 9.02. The molecule has 1 aliphatic rings. The fraction of sp³-hybridized carbons (Fsp3) is 0.263.